The van der Waals surface area contributed by atoms with Crippen molar-refractivity contribution in [3.63, 3.8) is 0 Å². The maximum absolute atomic E-state index is 15.2. The molecule has 5 aromatic rings. The van der Waals surface area contributed by atoms with Gasteiger partial charge >= 0.3 is 0 Å². The number of hydrogen-bond donors (Lipinski definition) is 0. The molecular formula is C35H31ClFN5O2S. The molecule has 0 spiro atoms. The Morgan fingerprint density at radius 2 is 1.82 bits per heavy atom. The Morgan fingerprint density at radius 1 is 0.978 bits per heavy atom. The molecule has 0 saturated carbocycles. The smallest absolute Gasteiger partial charge is 0.222 e. The number of hydrogen-bond acceptors (Lipinski definition) is 7. The summed E-state index contributed by atoms with van der Waals surface area (Å²) in [5.41, 5.74) is 6.58. The van der Waals surface area contributed by atoms with Crippen LogP contribution in [0, 0.1) is 5.82 Å². The van der Waals surface area contributed by atoms with Gasteiger partial charge in [0.1, 0.15) is 5.75 Å². The van der Waals surface area contributed by atoms with Gasteiger partial charge in [0.15, 0.2) is 11.6 Å². The fourth-order valence-electron chi connectivity index (χ4n) is 5.84. The number of carbonyl (C=O) groups excluding carboxylic acids is 1. The standard InChI is InChI=1S/C35H31ClFN5O2S/c1-2-34(43)42-13-11-41(12-14-42)21-23-3-7-28(39-20-23)33-19-30-35(45-33)32(9-10-38-30)44-31-8-4-22(16-27(31)37)15-26-17-24-5-6-25(36)18-29(24)40-26/h3-10,16,18-20H,2,11-15,17,21H2,1H3. The number of aliphatic imine (C=N–C) groups is 1. The number of halogens is 2. The third-order valence-electron chi connectivity index (χ3n) is 8.23. The second-order valence-corrected chi connectivity index (χ2v) is 12.9. The molecule has 1 fully saturated rings. The summed E-state index contributed by atoms with van der Waals surface area (Å²) in [5, 5.41) is 0.659. The van der Waals surface area contributed by atoms with Crippen LogP contribution in [0.3, 0.4) is 0 Å². The minimum absolute atomic E-state index is 0.159. The minimum atomic E-state index is -0.427. The van der Waals surface area contributed by atoms with Gasteiger partial charge in [-0.2, -0.15) is 0 Å². The first-order chi connectivity index (χ1) is 21.9. The lowest BCUT2D eigenvalue weighted by atomic mass is 10.0. The van der Waals surface area contributed by atoms with E-state index < -0.39 is 5.82 Å². The van der Waals surface area contributed by atoms with Gasteiger partial charge in [-0.25, -0.2) is 4.39 Å². The second kappa shape index (κ2) is 12.7. The number of amides is 1. The molecule has 0 atom stereocenters. The van der Waals surface area contributed by atoms with Crippen LogP contribution >= 0.6 is 22.9 Å². The Bertz CT molecular complexity index is 1920. The molecule has 7 nitrogen and oxygen atoms in total. The van der Waals surface area contributed by atoms with E-state index in [1.165, 1.54) is 17.4 Å². The molecule has 5 heterocycles. The number of carbonyl (C=O) groups is 1. The Balaban J connectivity index is 1.02. The monoisotopic (exact) mass is 639 g/mol. The molecule has 0 N–H and O–H groups in total. The Morgan fingerprint density at radius 3 is 2.60 bits per heavy atom. The molecule has 0 radical (unpaired) electrons. The second-order valence-electron chi connectivity index (χ2n) is 11.4. The van der Waals surface area contributed by atoms with Crippen LogP contribution in [0.1, 0.15) is 30.0 Å². The molecule has 10 heteroatoms. The van der Waals surface area contributed by atoms with Gasteiger partial charge in [0.05, 0.1) is 26.5 Å². The van der Waals surface area contributed by atoms with E-state index in [-0.39, 0.29) is 11.7 Å². The van der Waals surface area contributed by atoms with Crippen molar-refractivity contribution < 1.29 is 13.9 Å². The van der Waals surface area contributed by atoms with E-state index in [4.69, 9.17) is 21.3 Å². The highest BCUT2D eigenvalue weighted by Crippen LogP contribution is 2.39. The minimum Gasteiger partial charge on any atom is -0.453 e. The van der Waals surface area contributed by atoms with Crippen molar-refractivity contribution in [3.05, 3.63) is 101 Å². The summed E-state index contributed by atoms with van der Waals surface area (Å²) in [6, 6.07) is 18.7. The summed E-state index contributed by atoms with van der Waals surface area (Å²) in [4.78, 5) is 31.2. The van der Waals surface area contributed by atoms with Gasteiger partial charge in [0.25, 0.3) is 0 Å². The van der Waals surface area contributed by atoms with Crippen LogP contribution in [0.5, 0.6) is 11.5 Å². The Kier molecular flexibility index (Phi) is 8.31. The molecule has 2 aliphatic rings. The van der Waals surface area contributed by atoms with Crippen molar-refractivity contribution in [2.24, 2.45) is 4.99 Å². The highest BCUT2D eigenvalue weighted by molar-refractivity contribution is 7.22. The summed E-state index contributed by atoms with van der Waals surface area (Å²) in [5.74, 6) is 0.503. The first-order valence-electron chi connectivity index (χ1n) is 15.1. The van der Waals surface area contributed by atoms with Crippen LogP contribution in [-0.4, -0.2) is 57.6 Å². The number of rotatable bonds is 8. The zero-order chi connectivity index (χ0) is 30.9. The molecule has 2 aromatic carbocycles. The van der Waals surface area contributed by atoms with Gasteiger partial charge in [0, 0.05) is 81.2 Å². The predicted octanol–water partition coefficient (Wildman–Crippen LogP) is 7.87. The molecule has 228 valence electrons. The van der Waals surface area contributed by atoms with E-state index in [1.807, 2.05) is 54.4 Å². The third-order valence-corrected chi connectivity index (χ3v) is 9.63. The van der Waals surface area contributed by atoms with Crippen LogP contribution in [0.4, 0.5) is 10.1 Å². The largest absolute Gasteiger partial charge is 0.453 e. The lowest BCUT2D eigenvalue weighted by Gasteiger charge is -2.34. The number of fused-ring (bicyclic) bond motifs is 2. The number of thiophene rings is 1. The molecular weight excluding hydrogens is 609 g/mol. The molecule has 1 saturated heterocycles. The van der Waals surface area contributed by atoms with E-state index in [1.54, 1.807) is 18.3 Å². The predicted molar refractivity (Wildman–Crippen MR) is 177 cm³/mol. The van der Waals surface area contributed by atoms with Gasteiger partial charge < -0.3 is 9.64 Å². The number of benzene rings is 2. The normalized spacial score (nSPS) is 14.9. The van der Waals surface area contributed by atoms with E-state index in [0.29, 0.717) is 23.6 Å². The average Bonchev–Trinajstić information content (AvgIpc) is 3.67. The number of pyridine rings is 2. The zero-order valence-corrected chi connectivity index (χ0v) is 26.4. The lowest BCUT2D eigenvalue weighted by molar-refractivity contribution is -0.132. The van der Waals surface area contributed by atoms with E-state index in [9.17, 15) is 4.79 Å². The maximum atomic E-state index is 15.2. The first-order valence-corrected chi connectivity index (χ1v) is 16.3. The van der Waals surface area contributed by atoms with E-state index >= 15 is 4.39 Å². The molecule has 3 aromatic heterocycles. The first kappa shape index (κ1) is 29.5. The number of nitrogens with zero attached hydrogens (tertiary/aromatic N) is 5. The number of ether oxygens (including phenoxy) is 1. The number of piperazine rings is 1. The third kappa shape index (κ3) is 6.47. The van der Waals surface area contributed by atoms with Gasteiger partial charge in [0.2, 0.25) is 5.91 Å². The van der Waals surface area contributed by atoms with E-state index in [2.05, 4.69) is 20.9 Å². The molecule has 2 aliphatic heterocycles. The molecule has 0 unspecified atom stereocenters. The van der Waals surface area contributed by atoms with Crippen molar-refractivity contribution in [3.8, 4) is 22.1 Å². The van der Waals surface area contributed by atoms with Crippen LogP contribution in [0.15, 0.2) is 78.0 Å². The fraction of sp³-hybridized carbons (Fsp3) is 0.257. The summed E-state index contributed by atoms with van der Waals surface area (Å²) in [6.07, 6.45) is 5.43. The molecule has 1 amide bonds. The van der Waals surface area contributed by atoms with Gasteiger partial charge in [-0.15, -0.1) is 11.3 Å². The van der Waals surface area contributed by atoms with Crippen molar-refractivity contribution in [2.45, 2.75) is 32.7 Å². The quantitative estimate of drug-likeness (QED) is 0.173. The van der Waals surface area contributed by atoms with Gasteiger partial charge in [-0.05, 0) is 53.1 Å². The maximum Gasteiger partial charge on any atom is 0.222 e. The van der Waals surface area contributed by atoms with E-state index in [0.717, 1.165) is 88.0 Å². The van der Waals surface area contributed by atoms with Crippen LogP contribution in [0.25, 0.3) is 20.8 Å². The van der Waals surface area contributed by atoms with Gasteiger partial charge in [-0.3, -0.25) is 24.7 Å². The van der Waals surface area contributed by atoms with Crippen LogP contribution in [-0.2, 0) is 24.2 Å². The Labute approximate surface area is 270 Å². The van der Waals surface area contributed by atoms with Crippen molar-refractivity contribution in [1.29, 1.82) is 0 Å². The van der Waals surface area contributed by atoms with Crippen molar-refractivity contribution in [2.75, 3.05) is 26.2 Å². The van der Waals surface area contributed by atoms with Crippen molar-refractivity contribution in [1.82, 2.24) is 19.8 Å². The zero-order valence-electron chi connectivity index (χ0n) is 24.8. The molecule has 7 rings (SSSR count). The molecule has 45 heavy (non-hydrogen) atoms. The van der Waals surface area contributed by atoms with Crippen LogP contribution < -0.4 is 4.74 Å². The summed E-state index contributed by atoms with van der Waals surface area (Å²) in [7, 11) is 0. The van der Waals surface area contributed by atoms with Crippen LogP contribution in [0.2, 0.25) is 5.02 Å². The topological polar surface area (TPSA) is 70.9 Å². The average molecular weight is 640 g/mol. The molecule has 0 bridgehead atoms. The Hall–Kier alpha value is -4.18. The highest BCUT2D eigenvalue weighted by atomic mass is 35.5. The fourth-order valence-corrected chi connectivity index (χ4v) is 7.04. The number of aromatic nitrogens is 2. The van der Waals surface area contributed by atoms with Gasteiger partial charge in [-0.1, -0.05) is 36.7 Å². The summed E-state index contributed by atoms with van der Waals surface area (Å²) < 4.78 is 22.2. The summed E-state index contributed by atoms with van der Waals surface area (Å²) in [6.45, 7) is 5.97. The SMILES string of the molecule is CCC(=O)N1CCN(Cc2ccc(-c3cc4nccc(Oc5ccc(CC6=Nc7cc(Cl)ccc7C6)cc5F)c4s3)nc2)CC1. The lowest BCUT2D eigenvalue weighted by Crippen LogP contribution is -2.48. The molecule has 0 aliphatic carbocycles. The summed E-state index contributed by atoms with van der Waals surface area (Å²) >= 11 is 7.63. The van der Waals surface area contributed by atoms with Crippen molar-refractivity contribution >= 4 is 50.5 Å². The highest BCUT2D eigenvalue weighted by Gasteiger charge is 2.21.